The van der Waals surface area contributed by atoms with Crippen molar-refractivity contribution in [3.8, 4) is 11.3 Å². The van der Waals surface area contributed by atoms with E-state index in [1.54, 1.807) is 16.1 Å². The van der Waals surface area contributed by atoms with E-state index in [4.69, 9.17) is 9.72 Å². The van der Waals surface area contributed by atoms with Crippen LogP contribution in [0, 0.1) is 6.92 Å². The summed E-state index contributed by atoms with van der Waals surface area (Å²) in [5, 5.41) is 1.02. The number of aryl methyl sites for hydroxylation is 1. The van der Waals surface area contributed by atoms with Crippen LogP contribution in [0.2, 0.25) is 0 Å². The minimum absolute atomic E-state index is 0.0489. The van der Waals surface area contributed by atoms with Gasteiger partial charge in [0, 0.05) is 42.7 Å². The molecule has 0 unspecified atom stereocenters. The molecular weight excluding hydrogens is 430 g/mol. The summed E-state index contributed by atoms with van der Waals surface area (Å²) in [6.07, 6.45) is 2.17. The number of fused-ring (bicyclic) bond motifs is 2. The monoisotopic (exact) mass is 457 g/mol. The van der Waals surface area contributed by atoms with Crippen LogP contribution in [0.15, 0.2) is 48.8 Å². The van der Waals surface area contributed by atoms with Crippen LogP contribution in [0.25, 0.3) is 33.2 Å². The minimum atomic E-state index is -0.305. The van der Waals surface area contributed by atoms with Crippen LogP contribution >= 0.6 is 0 Å². The van der Waals surface area contributed by atoms with Crippen LogP contribution in [-0.4, -0.2) is 69.5 Å². The zero-order chi connectivity index (χ0) is 23.7. The van der Waals surface area contributed by atoms with Gasteiger partial charge in [0.1, 0.15) is 0 Å². The van der Waals surface area contributed by atoms with Crippen molar-refractivity contribution in [1.29, 1.82) is 0 Å². The summed E-state index contributed by atoms with van der Waals surface area (Å²) < 4.78 is 5.21. The summed E-state index contributed by atoms with van der Waals surface area (Å²) in [5.41, 5.74) is 6.19. The number of pyridine rings is 1. The number of hydrogen-bond acceptors (Lipinski definition) is 5. The highest BCUT2D eigenvalue weighted by atomic mass is 16.6. The molecule has 1 saturated heterocycles. The van der Waals surface area contributed by atoms with E-state index >= 15 is 0 Å². The Morgan fingerprint density at radius 3 is 2.59 bits per heavy atom. The third-order valence-corrected chi connectivity index (χ3v) is 6.23. The lowest BCUT2D eigenvalue weighted by atomic mass is 10.0. The maximum atomic E-state index is 13.2. The van der Waals surface area contributed by atoms with Gasteiger partial charge >= 0.3 is 6.09 Å². The first-order chi connectivity index (χ1) is 16.5. The standard InChI is InChI=1S/C26H27N5O3/c1-3-12-34-26(33)31-10-8-30(9-11-31)25(32)19-4-6-20-17(2)13-22(29-23(20)15-19)18-5-7-21-24(14-18)28-16-27-21/h4-7,13-16H,3,8-12H2,1-2H3,(H,27,28). The SMILES string of the molecule is CCCOC(=O)N1CCN(C(=O)c2ccc3c(C)cc(-c4ccc5nc[nH]c5c4)nc3c2)CC1. The van der Waals surface area contributed by atoms with Crippen molar-refractivity contribution in [3.05, 3.63) is 59.9 Å². The molecule has 1 aliphatic heterocycles. The number of nitrogens with zero attached hydrogens (tertiary/aromatic N) is 4. The molecule has 0 spiro atoms. The number of carbonyl (C=O) groups is 2. The first kappa shape index (κ1) is 21.9. The minimum Gasteiger partial charge on any atom is -0.449 e. The Bertz CT molecular complexity index is 1370. The summed E-state index contributed by atoms with van der Waals surface area (Å²) in [4.78, 5) is 41.0. The van der Waals surface area contributed by atoms with E-state index in [2.05, 4.69) is 23.0 Å². The van der Waals surface area contributed by atoms with Crippen molar-refractivity contribution in [2.75, 3.05) is 32.8 Å². The molecule has 8 nitrogen and oxygen atoms in total. The summed E-state index contributed by atoms with van der Waals surface area (Å²) in [7, 11) is 0. The first-order valence-electron chi connectivity index (χ1n) is 11.6. The molecule has 0 aliphatic carbocycles. The second-order valence-electron chi connectivity index (χ2n) is 8.58. The number of imidazole rings is 1. The predicted octanol–water partition coefficient (Wildman–Crippen LogP) is 4.39. The van der Waals surface area contributed by atoms with Gasteiger partial charge in [0.15, 0.2) is 0 Å². The number of H-pyrrole nitrogens is 1. The highest BCUT2D eigenvalue weighted by molar-refractivity contribution is 5.99. The number of piperazine rings is 1. The van der Waals surface area contributed by atoms with Gasteiger partial charge in [0.25, 0.3) is 5.91 Å². The van der Waals surface area contributed by atoms with Crippen molar-refractivity contribution in [2.45, 2.75) is 20.3 Å². The third kappa shape index (κ3) is 4.19. The van der Waals surface area contributed by atoms with E-state index in [0.717, 1.165) is 45.2 Å². The molecule has 1 aliphatic rings. The van der Waals surface area contributed by atoms with Gasteiger partial charge < -0.3 is 19.5 Å². The van der Waals surface area contributed by atoms with E-state index in [1.165, 1.54) is 0 Å². The van der Waals surface area contributed by atoms with Gasteiger partial charge in [0.05, 0.1) is 35.2 Å². The Hall–Kier alpha value is -3.94. The Labute approximate surface area is 197 Å². The molecule has 1 fully saturated rings. The number of benzene rings is 2. The number of aromatic amines is 1. The average molecular weight is 458 g/mol. The maximum Gasteiger partial charge on any atom is 0.409 e. The van der Waals surface area contributed by atoms with Crippen LogP contribution in [0.4, 0.5) is 4.79 Å². The number of aromatic nitrogens is 3. The van der Waals surface area contributed by atoms with E-state index in [0.29, 0.717) is 38.3 Å². The molecule has 2 aromatic heterocycles. The van der Waals surface area contributed by atoms with Gasteiger partial charge in [-0.05, 0) is 49.2 Å². The van der Waals surface area contributed by atoms with Crippen molar-refractivity contribution in [1.82, 2.24) is 24.8 Å². The first-order valence-corrected chi connectivity index (χ1v) is 11.6. The van der Waals surface area contributed by atoms with E-state index < -0.39 is 0 Å². The maximum absolute atomic E-state index is 13.2. The van der Waals surface area contributed by atoms with Gasteiger partial charge in [-0.25, -0.2) is 14.8 Å². The fourth-order valence-electron chi connectivity index (χ4n) is 4.33. The topological polar surface area (TPSA) is 91.4 Å². The number of carbonyl (C=O) groups excluding carboxylic acids is 2. The molecule has 34 heavy (non-hydrogen) atoms. The third-order valence-electron chi connectivity index (χ3n) is 6.23. The van der Waals surface area contributed by atoms with Gasteiger partial charge in [-0.3, -0.25) is 4.79 Å². The van der Waals surface area contributed by atoms with Crippen LogP contribution in [-0.2, 0) is 4.74 Å². The molecule has 0 atom stereocenters. The number of ether oxygens (including phenoxy) is 1. The number of amides is 2. The predicted molar refractivity (Wildman–Crippen MR) is 131 cm³/mol. The van der Waals surface area contributed by atoms with Crippen LogP contribution < -0.4 is 0 Å². The molecule has 174 valence electrons. The molecule has 0 saturated carbocycles. The van der Waals surface area contributed by atoms with Crippen molar-refractivity contribution in [3.63, 3.8) is 0 Å². The molecule has 4 aromatic rings. The molecule has 3 heterocycles. The normalized spacial score (nSPS) is 14.1. The summed E-state index contributed by atoms with van der Waals surface area (Å²) in [5.74, 6) is -0.0489. The average Bonchev–Trinajstić information content (AvgIpc) is 3.34. The molecule has 5 rings (SSSR count). The number of rotatable bonds is 4. The Kier molecular flexibility index (Phi) is 5.88. The smallest absolute Gasteiger partial charge is 0.409 e. The fourth-order valence-corrected chi connectivity index (χ4v) is 4.33. The molecule has 2 amide bonds. The van der Waals surface area contributed by atoms with Gasteiger partial charge in [-0.1, -0.05) is 19.1 Å². The van der Waals surface area contributed by atoms with Crippen molar-refractivity contribution >= 4 is 33.9 Å². The van der Waals surface area contributed by atoms with Crippen LogP contribution in [0.5, 0.6) is 0 Å². The highest BCUT2D eigenvalue weighted by Crippen LogP contribution is 2.27. The Morgan fingerprint density at radius 1 is 1.00 bits per heavy atom. The Morgan fingerprint density at radius 2 is 1.79 bits per heavy atom. The fraction of sp³-hybridized carbons (Fsp3) is 0.308. The van der Waals surface area contributed by atoms with Crippen LogP contribution in [0.3, 0.4) is 0 Å². The second-order valence-corrected chi connectivity index (χ2v) is 8.58. The molecule has 8 heteroatoms. The highest BCUT2D eigenvalue weighted by Gasteiger charge is 2.26. The quantitative estimate of drug-likeness (QED) is 0.491. The van der Waals surface area contributed by atoms with Crippen molar-refractivity contribution < 1.29 is 14.3 Å². The lowest BCUT2D eigenvalue weighted by molar-refractivity contribution is 0.0560. The summed E-state index contributed by atoms with van der Waals surface area (Å²) in [6, 6.07) is 13.8. The van der Waals surface area contributed by atoms with Gasteiger partial charge in [-0.15, -0.1) is 0 Å². The summed E-state index contributed by atoms with van der Waals surface area (Å²) in [6.45, 7) is 6.34. The molecule has 0 bridgehead atoms. The zero-order valence-corrected chi connectivity index (χ0v) is 19.4. The van der Waals surface area contributed by atoms with E-state index in [1.807, 2.05) is 43.3 Å². The van der Waals surface area contributed by atoms with E-state index in [9.17, 15) is 9.59 Å². The lowest BCUT2D eigenvalue weighted by Gasteiger charge is -2.34. The number of hydrogen-bond donors (Lipinski definition) is 1. The molecule has 2 aromatic carbocycles. The summed E-state index contributed by atoms with van der Waals surface area (Å²) >= 11 is 0. The van der Waals surface area contributed by atoms with E-state index in [-0.39, 0.29) is 12.0 Å². The lowest BCUT2D eigenvalue weighted by Crippen LogP contribution is -2.50. The van der Waals surface area contributed by atoms with Crippen molar-refractivity contribution in [2.24, 2.45) is 0 Å². The molecule has 1 N–H and O–H groups in total. The largest absolute Gasteiger partial charge is 0.449 e. The van der Waals surface area contributed by atoms with Gasteiger partial charge in [-0.2, -0.15) is 0 Å². The number of nitrogens with one attached hydrogen (secondary N) is 1. The van der Waals surface area contributed by atoms with Crippen LogP contribution in [0.1, 0.15) is 29.3 Å². The van der Waals surface area contributed by atoms with Gasteiger partial charge in [0.2, 0.25) is 0 Å². The molecular formula is C26H27N5O3. The molecule has 0 radical (unpaired) electrons. The second kappa shape index (κ2) is 9.13. The zero-order valence-electron chi connectivity index (χ0n) is 19.4. The Balaban J connectivity index is 1.37.